The molecule has 0 aliphatic heterocycles. The second-order valence-corrected chi connectivity index (χ2v) is 6.82. The van der Waals surface area contributed by atoms with Gasteiger partial charge in [-0.2, -0.15) is 5.26 Å². The fourth-order valence-corrected chi connectivity index (χ4v) is 3.37. The van der Waals surface area contributed by atoms with Crippen molar-refractivity contribution in [2.24, 2.45) is 0 Å². The van der Waals surface area contributed by atoms with Gasteiger partial charge < -0.3 is 14.5 Å². The third-order valence-corrected chi connectivity index (χ3v) is 4.88. The summed E-state index contributed by atoms with van der Waals surface area (Å²) < 4.78 is 11.0. The molecule has 150 valence electrons. The van der Waals surface area contributed by atoms with E-state index >= 15 is 0 Å². The number of furan rings is 1. The molecule has 0 radical (unpaired) electrons. The third-order valence-electron chi connectivity index (χ3n) is 4.88. The van der Waals surface area contributed by atoms with E-state index in [1.54, 1.807) is 12.1 Å². The van der Waals surface area contributed by atoms with Gasteiger partial charge in [-0.15, -0.1) is 0 Å². The van der Waals surface area contributed by atoms with Crippen LogP contribution >= 0.6 is 0 Å². The first-order chi connectivity index (χ1) is 14.0. The number of carbonyl (C=O) groups excluding carboxylic acids is 1. The lowest BCUT2D eigenvalue weighted by molar-refractivity contribution is -0.384. The first-order valence-electron chi connectivity index (χ1n) is 9.37. The molecule has 8 nitrogen and oxygen atoms in total. The summed E-state index contributed by atoms with van der Waals surface area (Å²) in [6.45, 7) is 0. The Bertz CT molecular complexity index is 980. The monoisotopic (exact) mass is 395 g/mol. The van der Waals surface area contributed by atoms with Crippen LogP contribution in [0.2, 0.25) is 0 Å². The molecular weight excluding hydrogens is 374 g/mol. The Morgan fingerprint density at radius 1 is 1.31 bits per heavy atom. The summed E-state index contributed by atoms with van der Waals surface area (Å²) in [4.78, 5) is 22.8. The number of methoxy groups -OCH3 is 1. The Morgan fingerprint density at radius 2 is 2.07 bits per heavy atom. The van der Waals surface area contributed by atoms with Gasteiger partial charge in [0.25, 0.3) is 11.6 Å². The predicted octanol–water partition coefficient (Wildman–Crippen LogP) is 4.22. The number of nitrogens with one attached hydrogen (secondary N) is 1. The van der Waals surface area contributed by atoms with Crippen molar-refractivity contribution in [2.45, 2.75) is 38.1 Å². The zero-order valence-corrected chi connectivity index (χ0v) is 16.0. The van der Waals surface area contributed by atoms with Crippen LogP contribution in [0, 0.1) is 21.4 Å². The molecule has 1 aromatic carbocycles. The Balaban J connectivity index is 1.80. The number of nitro groups is 1. The number of carbonyl (C=O) groups is 1. The molecule has 0 atom stereocenters. The average molecular weight is 395 g/mol. The summed E-state index contributed by atoms with van der Waals surface area (Å²) >= 11 is 0. The maximum Gasteiger partial charge on any atom is 0.273 e. The maximum atomic E-state index is 12.4. The first-order valence-corrected chi connectivity index (χ1v) is 9.37. The van der Waals surface area contributed by atoms with Crippen LogP contribution in [0.1, 0.15) is 37.9 Å². The SMILES string of the molecule is COc1cc([N+](=O)[O-])ccc1-c1ccc(/C=C(\C#N)C(=O)NC2CCCCC2)o1. The van der Waals surface area contributed by atoms with Crippen LogP contribution in [0.3, 0.4) is 0 Å². The number of rotatable bonds is 6. The molecule has 1 aliphatic carbocycles. The van der Waals surface area contributed by atoms with E-state index in [0.717, 1.165) is 25.7 Å². The summed E-state index contributed by atoms with van der Waals surface area (Å²) in [5.74, 6) is 0.619. The molecule has 0 unspecified atom stereocenters. The van der Waals surface area contributed by atoms with Gasteiger partial charge in [-0.1, -0.05) is 19.3 Å². The third kappa shape index (κ3) is 4.82. The fraction of sp³-hybridized carbons (Fsp3) is 0.333. The molecule has 1 fully saturated rings. The molecule has 3 rings (SSSR count). The lowest BCUT2D eigenvalue weighted by atomic mass is 9.95. The van der Waals surface area contributed by atoms with Crippen molar-refractivity contribution in [1.82, 2.24) is 5.32 Å². The zero-order chi connectivity index (χ0) is 20.8. The summed E-state index contributed by atoms with van der Waals surface area (Å²) in [6, 6.07) is 9.50. The van der Waals surface area contributed by atoms with Gasteiger partial charge >= 0.3 is 0 Å². The van der Waals surface area contributed by atoms with Gasteiger partial charge in [0.1, 0.15) is 28.9 Å². The van der Waals surface area contributed by atoms with E-state index in [1.807, 2.05) is 6.07 Å². The van der Waals surface area contributed by atoms with Crippen LogP contribution in [0.15, 0.2) is 40.3 Å². The van der Waals surface area contributed by atoms with Crippen LogP contribution in [-0.4, -0.2) is 24.0 Å². The molecule has 1 saturated carbocycles. The van der Waals surface area contributed by atoms with Crippen LogP contribution < -0.4 is 10.1 Å². The lowest BCUT2D eigenvalue weighted by Crippen LogP contribution is -2.36. The highest BCUT2D eigenvalue weighted by atomic mass is 16.6. The van der Waals surface area contributed by atoms with Gasteiger partial charge in [0.05, 0.1) is 23.7 Å². The largest absolute Gasteiger partial charge is 0.496 e. The van der Waals surface area contributed by atoms with E-state index in [0.29, 0.717) is 22.8 Å². The molecule has 29 heavy (non-hydrogen) atoms. The lowest BCUT2D eigenvalue weighted by Gasteiger charge is -2.22. The van der Waals surface area contributed by atoms with Crippen LogP contribution in [0.5, 0.6) is 5.75 Å². The second kappa shape index (κ2) is 9.06. The average Bonchev–Trinajstić information content (AvgIpc) is 3.20. The molecule has 8 heteroatoms. The van der Waals surface area contributed by atoms with Gasteiger partial charge in [-0.3, -0.25) is 14.9 Å². The van der Waals surface area contributed by atoms with Gasteiger partial charge in [-0.25, -0.2) is 0 Å². The number of benzene rings is 1. The van der Waals surface area contributed by atoms with E-state index in [1.165, 1.54) is 37.8 Å². The van der Waals surface area contributed by atoms with Gasteiger partial charge in [0.15, 0.2) is 0 Å². The highest BCUT2D eigenvalue weighted by molar-refractivity contribution is 6.01. The van der Waals surface area contributed by atoms with Crippen molar-refractivity contribution in [3.63, 3.8) is 0 Å². The molecule has 1 aromatic heterocycles. The van der Waals surface area contributed by atoms with Gasteiger partial charge in [0, 0.05) is 18.2 Å². The summed E-state index contributed by atoms with van der Waals surface area (Å²) in [5.41, 5.74) is 0.401. The number of nitro benzene ring substituents is 1. The minimum Gasteiger partial charge on any atom is -0.496 e. The highest BCUT2D eigenvalue weighted by Gasteiger charge is 2.19. The zero-order valence-electron chi connectivity index (χ0n) is 16.0. The topological polar surface area (TPSA) is 118 Å². The molecule has 0 spiro atoms. The fourth-order valence-electron chi connectivity index (χ4n) is 3.37. The number of hydrogen-bond acceptors (Lipinski definition) is 6. The first kappa shape index (κ1) is 20.1. The van der Waals surface area contributed by atoms with Crippen molar-refractivity contribution in [3.05, 3.63) is 51.8 Å². The minimum atomic E-state index is -0.507. The van der Waals surface area contributed by atoms with Gasteiger partial charge in [-0.05, 0) is 31.0 Å². The maximum absolute atomic E-state index is 12.4. The van der Waals surface area contributed by atoms with Crippen LogP contribution in [-0.2, 0) is 4.79 Å². The Kier molecular flexibility index (Phi) is 6.29. The molecule has 1 aliphatic rings. The van der Waals surface area contributed by atoms with E-state index in [9.17, 15) is 20.2 Å². The second-order valence-electron chi connectivity index (χ2n) is 6.82. The molecule has 0 saturated heterocycles. The van der Waals surface area contributed by atoms with E-state index in [-0.39, 0.29) is 17.3 Å². The van der Waals surface area contributed by atoms with E-state index < -0.39 is 10.8 Å². The molecule has 1 heterocycles. The highest BCUT2D eigenvalue weighted by Crippen LogP contribution is 2.34. The van der Waals surface area contributed by atoms with Crippen molar-refractivity contribution >= 4 is 17.7 Å². The molecule has 1 amide bonds. The summed E-state index contributed by atoms with van der Waals surface area (Å²) in [5, 5.41) is 23.2. The minimum absolute atomic E-state index is 0.0351. The van der Waals surface area contributed by atoms with Crippen molar-refractivity contribution in [1.29, 1.82) is 5.26 Å². The number of hydrogen-bond donors (Lipinski definition) is 1. The van der Waals surface area contributed by atoms with E-state index in [2.05, 4.69) is 5.32 Å². The smallest absolute Gasteiger partial charge is 0.273 e. The molecule has 2 aromatic rings. The molecular formula is C21H21N3O5. The van der Waals surface area contributed by atoms with Gasteiger partial charge in [0.2, 0.25) is 0 Å². The number of nitriles is 1. The summed E-state index contributed by atoms with van der Waals surface area (Å²) in [7, 11) is 1.41. The number of non-ortho nitro benzene ring substituents is 1. The normalized spacial score (nSPS) is 14.8. The molecule has 0 bridgehead atoms. The summed E-state index contributed by atoms with van der Waals surface area (Å²) in [6.07, 6.45) is 6.57. The van der Waals surface area contributed by atoms with Crippen molar-refractivity contribution in [2.75, 3.05) is 7.11 Å². The van der Waals surface area contributed by atoms with Crippen molar-refractivity contribution in [3.8, 4) is 23.1 Å². The number of ether oxygens (including phenoxy) is 1. The Morgan fingerprint density at radius 3 is 2.72 bits per heavy atom. The van der Waals surface area contributed by atoms with Crippen LogP contribution in [0.25, 0.3) is 17.4 Å². The van der Waals surface area contributed by atoms with Crippen LogP contribution in [0.4, 0.5) is 5.69 Å². The quantitative estimate of drug-likeness (QED) is 0.338. The van der Waals surface area contributed by atoms with E-state index in [4.69, 9.17) is 9.15 Å². The standard InChI is InChI=1S/C21H21N3O5/c1-28-20-12-16(24(26)27)7-9-18(20)19-10-8-17(29-19)11-14(13-22)21(25)23-15-5-3-2-4-6-15/h7-12,15H,2-6H2,1H3,(H,23,25)/b14-11+. The number of amides is 1. The molecule has 1 N–H and O–H groups in total. The van der Waals surface area contributed by atoms with Crippen molar-refractivity contribution < 1.29 is 18.9 Å². The Labute approximate surface area is 167 Å². The Hall–Kier alpha value is -3.60. The predicted molar refractivity (Wildman–Crippen MR) is 106 cm³/mol. The number of nitrogens with zero attached hydrogens (tertiary/aromatic N) is 2.